The standard InChI is InChI=1S/C8H11BN2/c1-3-6(2)7-4-5-9-8(10)11-7/h3-5H,1-2H3,(H2,10,11)/b6-3+. The van der Waals surface area contributed by atoms with Crippen molar-refractivity contribution < 1.29 is 0 Å². The molecule has 1 aromatic heterocycles. The van der Waals surface area contributed by atoms with Crippen molar-refractivity contribution in [3.8, 4) is 0 Å². The van der Waals surface area contributed by atoms with Crippen LogP contribution >= 0.6 is 0 Å². The Morgan fingerprint density at radius 3 is 3.00 bits per heavy atom. The van der Waals surface area contributed by atoms with Crippen molar-refractivity contribution in [2.45, 2.75) is 13.8 Å². The molecule has 0 fully saturated rings. The summed E-state index contributed by atoms with van der Waals surface area (Å²) < 4.78 is 0. The first-order chi connectivity index (χ1) is 5.24. The average Bonchev–Trinajstić information content (AvgIpc) is 2.03. The maximum absolute atomic E-state index is 5.51. The molecule has 0 saturated carbocycles. The molecule has 0 unspecified atom stereocenters. The van der Waals surface area contributed by atoms with Crippen LogP contribution in [0.2, 0.25) is 0 Å². The molecule has 0 aliphatic carbocycles. The number of aromatic nitrogens is 1. The first-order valence-electron chi connectivity index (χ1n) is 3.60. The van der Waals surface area contributed by atoms with Gasteiger partial charge in [-0.05, 0) is 0 Å². The molecule has 2 N–H and O–H groups in total. The summed E-state index contributed by atoms with van der Waals surface area (Å²) in [5, 5.41) is 0. The van der Waals surface area contributed by atoms with Gasteiger partial charge in [0.1, 0.15) is 0 Å². The molecule has 0 aromatic carbocycles. The number of anilines is 1. The van der Waals surface area contributed by atoms with Crippen molar-refractivity contribution >= 4 is 18.2 Å². The van der Waals surface area contributed by atoms with Crippen molar-refractivity contribution in [3.63, 3.8) is 0 Å². The van der Waals surface area contributed by atoms with Gasteiger partial charge in [-0.15, -0.1) is 0 Å². The fraction of sp³-hybridized carbons (Fsp3) is 0.250. The summed E-state index contributed by atoms with van der Waals surface area (Å²) in [7, 11) is 0. The molecule has 1 heterocycles. The minimum atomic E-state index is 0.573. The molecule has 1 rings (SSSR count). The Morgan fingerprint density at radius 1 is 1.73 bits per heavy atom. The fourth-order valence-electron chi connectivity index (χ4n) is 0.819. The van der Waals surface area contributed by atoms with Gasteiger partial charge in [0, 0.05) is 0 Å². The minimum absolute atomic E-state index is 0.573. The van der Waals surface area contributed by atoms with Gasteiger partial charge in [0.25, 0.3) is 0 Å². The Hall–Kier alpha value is -1.12. The number of rotatable bonds is 1. The van der Waals surface area contributed by atoms with Crippen molar-refractivity contribution in [2.75, 3.05) is 5.73 Å². The fourth-order valence-corrected chi connectivity index (χ4v) is 0.819. The Kier molecular flexibility index (Phi) is 2.42. The number of nitrogen functional groups attached to an aromatic ring is 1. The van der Waals surface area contributed by atoms with Gasteiger partial charge in [0.2, 0.25) is 0 Å². The first-order valence-corrected chi connectivity index (χ1v) is 3.60. The van der Waals surface area contributed by atoms with Gasteiger partial charge in [0.15, 0.2) is 0 Å². The SMILES string of the molecule is C/C=C(\C)c1ccbc(N)n1. The van der Waals surface area contributed by atoms with Gasteiger partial charge in [-0.3, -0.25) is 0 Å². The van der Waals surface area contributed by atoms with Crippen LogP contribution in [0.1, 0.15) is 19.5 Å². The van der Waals surface area contributed by atoms with Crippen LogP contribution in [-0.2, 0) is 0 Å². The summed E-state index contributed by atoms with van der Waals surface area (Å²) in [6.45, 7) is 5.79. The zero-order valence-corrected chi connectivity index (χ0v) is 6.83. The molecule has 0 radical (unpaired) electrons. The molecular formula is C8H11BN2. The molecule has 0 saturated heterocycles. The van der Waals surface area contributed by atoms with E-state index < -0.39 is 0 Å². The molecule has 56 valence electrons. The van der Waals surface area contributed by atoms with Crippen LogP contribution in [-0.4, -0.2) is 11.9 Å². The van der Waals surface area contributed by atoms with E-state index in [0.717, 1.165) is 11.3 Å². The third-order valence-electron chi connectivity index (χ3n) is 1.61. The predicted octanol–water partition coefficient (Wildman–Crippen LogP) is 1.43. The van der Waals surface area contributed by atoms with Crippen LogP contribution in [0.25, 0.3) is 5.57 Å². The second kappa shape index (κ2) is 3.33. The van der Waals surface area contributed by atoms with Crippen molar-refractivity contribution in [1.29, 1.82) is 0 Å². The molecule has 0 aliphatic heterocycles. The summed E-state index contributed by atoms with van der Waals surface area (Å²) in [6.07, 6.45) is 2.02. The van der Waals surface area contributed by atoms with E-state index in [9.17, 15) is 0 Å². The summed E-state index contributed by atoms with van der Waals surface area (Å²) in [5.74, 6) is 1.91. The number of nitrogens with two attached hydrogens (primary N) is 1. The average molecular weight is 146 g/mol. The number of hydrogen-bond acceptors (Lipinski definition) is 2. The van der Waals surface area contributed by atoms with Gasteiger partial charge in [-0.25, -0.2) is 0 Å². The van der Waals surface area contributed by atoms with E-state index in [-0.39, 0.29) is 0 Å². The maximum atomic E-state index is 5.51. The van der Waals surface area contributed by atoms with E-state index >= 15 is 0 Å². The third-order valence-corrected chi connectivity index (χ3v) is 1.61. The second-order valence-electron chi connectivity index (χ2n) is 2.42. The van der Waals surface area contributed by atoms with Crippen molar-refractivity contribution in [1.82, 2.24) is 4.98 Å². The molecule has 11 heavy (non-hydrogen) atoms. The number of allylic oxidation sites excluding steroid dienone is 2. The molecule has 0 atom stereocenters. The van der Waals surface area contributed by atoms with Gasteiger partial charge >= 0.3 is 66.6 Å². The molecule has 0 spiro atoms. The van der Waals surface area contributed by atoms with E-state index in [2.05, 4.69) is 4.98 Å². The Bertz CT molecular complexity index is 281. The normalized spacial score (nSPS) is 11.3. The van der Waals surface area contributed by atoms with E-state index in [1.165, 1.54) is 0 Å². The Morgan fingerprint density at radius 2 is 2.45 bits per heavy atom. The molecular weight excluding hydrogens is 135 g/mol. The van der Waals surface area contributed by atoms with Gasteiger partial charge in [-0.1, -0.05) is 0 Å². The van der Waals surface area contributed by atoms with Crippen LogP contribution in [0.3, 0.4) is 0 Å². The van der Waals surface area contributed by atoms with Crippen molar-refractivity contribution in [3.05, 3.63) is 23.8 Å². The first kappa shape index (κ1) is 7.99. The molecule has 0 bridgehead atoms. The Labute approximate surface area is 67.4 Å². The molecule has 2 nitrogen and oxygen atoms in total. The van der Waals surface area contributed by atoms with Crippen LogP contribution in [0.15, 0.2) is 18.1 Å². The summed E-state index contributed by atoms with van der Waals surface area (Å²) >= 11 is 0. The molecule has 0 amide bonds. The summed E-state index contributed by atoms with van der Waals surface area (Å²) in [6, 6.07) is 1.95. The zero-order chi connectivity index (χ0) is 8.27. The zero-order valence-electron chi connectivity index (χ0n) is 6.83. The van der Waals surface area contributed by atoms with Gasteiger partial charge < -0.3 is 0 Å². The van der Waals surface area contributed by atoms with Crippen LogP contribution in [0.5, 0.6) is 0 Å². The van der Waals surface area contributed by atoms with Crippen LogP contribution in [0.4, 0.5) is 5.71 Å². The van der Waals surface area contributed by atoms with E-state index in [0.29, 0.717) is 5.71 Å². The number of hydrogen-bond donors (Lipinski definition) is 1. The van der Waals surface area contributed by atoms with Crippen molar-refractivity contribution in [2.24, 2.45) is 0 Å². The third kappa shape index (κ3) is 1.90. The topological polar surface area (TPSA) is 38.9 Å². The predicted molar refractivity (Wildman–Crippen MR) is 49.3 cm³/mol. The van der Waals surface area contributed by atoms with Crippen LogP contribution in [0, 0.1) is 0 Å². The number of nitrogens with zero attached hydrogens (tertiary/aromatic N) is 1. The molecule has 0 aliphatic rings. The van der Waals surface area contributed by atoms with E-state index in [1.54, 1.807) is 6.91 Å². The van der Waals surface area contributed by atoms with E-state index in [4.69, 9.17) is 5.73 Å². The quantitative estimate of drug-likeness (QED) is 0.650. The Balaban J connectivity index is 3.06. The molecule has 3 heteroatoms. The van der Waals surface area contributed by atoms with Crippen LogP contribution < -0.4 is 5.73 Å². The van der Waals surface area contributed by atoms with Gasteiger partial charge in [-0.2, -0.15) is 0 Å². The monoisotopic (exact) mass is 146 g/mol. The molecule has 1 aromatic rings. The second-order valence-corrected chi connectivity index (χ2v) is 2.42. The van der Waals surface area contributed by atoms with E-state index in [1.807, 2.05) is 32.0 Å². The van der Waals surface area contributed by atoms with Gasteiger partial charge in [0.05, 0.1) is 0 Å². The summed E-state index contributed by atoms with van der Waals surface area (Å²) in [5.41, 5.74) is 8.19. The summed E-state index contributed by atoms with van der Waals surface area (Å²) in [4.78, 5) is 4.15.